The molecule has 178 valence electrons. The molecule has 0 amide bonds. The lowest BCUT2D eigenvalue weighted by Gasteiger charge is -2.33. The van der Waals surface area contributed by atoms with Crippen LogP contribution in [0.1, 0.15) is 42.0 Å². The molecule has 0 radical (unpaired) electrons. The van der Waals surface area contributed by atoms with Gasteiger partial charge in [-0.25, -0.2) is 4.79 Å². The number of hydrogen-bond acceptors (Lipinski definition) is 4. The van der Waals surface area contributed by atoms with E-state index in [1.54, 1.807) is 0 Å². The lowest BCUT2D eigenvalue weighted by Crippen LogP contribution is -2.37. The van der Waals surface area contributed by atoms with Crippen LogP contribution in [0.2, 0.25) is 0 Å². The van der Waals surface area contributed by atoms with Gasteiger partial charge < -0.3 is 19.9 Å². The summed E-state index contributed by atoms with van der Waals surface area (Å²) in [6.45, 7) is 2.59. The first-order valence-corrected chi connectivity index (χ1v) is 12.0. The number of para-hydroxylation sites is 1. The highest BCUT2D eigenvalue weighted by atomic mass is 16.5. The van der Waals surface area contributed by atoms with E-state index in [0.29, 0.717) is 5.75 Å². The third kappa shape index (κ3) is 5.15. The van der Waals surface area contributed by atoms with Crippen LogP contribution in [-0.4, -0.2) is 30.3 Å². The van der Waals surface area contributed by atoms with Crippen molar-refractivity contribution in [1.29, 1.82) is 0 Å². The van der Waals surface area contributed by atoms with E-state index in [1.165, 1.54) is 21.9 Å². The van der Waals surface area contributed by atoms with E-state index in [2.05, 4.69) is 60.8 Å². The quantitative estimate of drug-likeness (QED) is 0.336. The summed E-state index contributed by atoms with van der Waals surface area (Å²) in [5.41, 5.74) is 3.62. The zero-order chi connectivity index (χ0) is 24.2. The van der Waals surface area contributed by atoms with Crippen molar-refractivity contribution >= 4 is 16.7 Å². The number of nitrogens with one attached hydrogen (secondary N) is 1. The standard InChI is InChI=1S/C30H29NO4/c1-20(25-11-6-8-21-7-2-3-9-26(21)25)31-18-24-17-28(27-10-4-5-12-29(27)35-24)22-13-15-23(16-14-22)34-19-30(32)33/h2-16,20,24,28,31H,17-19H2,1H3,(H,32,33)/t20-,24?,28?/m1/s1. The molecule has 1 heterocycles. The van der Waals surface area contributed by atoms with Gasteiger partial charge in [-0.05, 0) is 53.4 Å². The number of benzene rings is 4. The van der Waals surface area contributed by atoms with Crippen LogP contribution in [-0.2, 0) is 4.79 Å². The molecule has 5 heteroatoms. The van der Waals surface area contributed by atoms with Gasteiger partial charge in [0.2, 0.25) is 0 Å². The van der Waals surface area contributed by atoms with Crippen LogP contribution in [0, 0.1) is 0 Å². The average molecular weight is 468 g/mol. The molecular weight excluding hydrogens is 438 g/mol. The third-order valence-corrected chi connectivity index (χ3v) is 6.67. The van der Waals surface area contributed by atoms with Gasteiger partial charge in [-0.2, -0.15) is 0 Å². The molecule has 4 aromatic rings. The molecule has 2 N–H and O–H groups in total. The molecule has 2 unspecified atom stereocenters. The fourth-order valence-corrected chi connectivity index (χ4v) is 4.92. The van der Waals surface area contributed by atoms with Gasteiger partial charge in [0.15, 0.2) is 6.61 Å². The van der Waals surface area contributed by atoms with Gasteiger partial charge in [-0.15, -0.1) is 0 Å². The summed E-state index contributed by atoms with van der Waals surface area (Å²) in [5, 5.41) is 15.1. The van der Waals surface area contributed by atoms with Gasteiger partial charge in [0.05, 0.1) is 0 Å². The van der Waals surface area contributed by atoms with Crippen LogP contribution in [0.4, 0.5) is 0 Å². The van der Waals surface area contributed by atoms with Crippen molar-refractivity contribution in [1.82, 2.24) is 5.32 Å². The highest BCUT2D eigenvalue weighted by molar-refractivity contribution is 5.86. The minimum absolute atomic E-state index is 0.0234. The van der Waals surface area contributed by atoms with Crippen LogP contribution in [0.3, 0.4) is 0 Å². The fraction of sp³-hybridized carbons (Fsp3) is 0.233. The highest BCUT2D eigenvalue weighted by Crippen LogP contribution is 2.40. The molecular formula is C30H29NO4. The molecule has 1 aliphatic rings. The van der Waals surface area contributed by atoms with Crippen molar-refractivity contribution in [2.75, 3.05) is 13.2 Å². The van der Waals surface area contributed by atoms with Gasteiger partial charge >= 0.3 is 5.97 Å². The van der Waals surface area contributed by atoms with Crippen molar-refractivity contribution in [2.45, 2.75) is 31.4 Å². The third-order valence-electron chi connectivity index (χ3n) is 6.67. The second kappa shape index (κ2) is 10.2. The Kier molecular flexibility index (Phi) is 6.68. The summed E-state index contributed by atoms with van der Waals surface area (Å²) < 4.78 is 11.7. The largest absolute Gasteiger partial charge is 0.489 e. The Bertz CT molecular complexity index is 1310. The molecule has 0 fully saturated rings. The summed E-state index contributed by atoms with van der Waals surface area (Å²) >= 11 is 0. The average Bonchev–Trinajstić information content (AvgIpc) is 2.90. The molecule has 0 saturated heterocycles. The predicted molar refractivity (Wildman–Crippen MR) is 137 cm³/mol. The topological polar surface area (TPSA) is 67.8 Å². The van der Waals surface area contributed by atoms with E-state index in [-0.39, 0.29) is 24.7 Å². The second-order valence-electron chi connectivity index (χ2n) is 9.02. The maximum Gasteiger partial charge on any atom is 0.341 e. The number of rotatable bonds is 8. The minimum atomic E-state index is -0.986. The number of carbonyl (C=O) groups is 1. The maximum atomic E-state index is 10.8. The molecule has 5 nitrogen and oxygen atoms in total. The zero-order valence-electron chi connectivity index (χ0n) is 19.7. The number of carboxylic acid groups (broad SMARTS) is 1. The zero-order valence-corrected chi connectivity index (χ0v) is 19.7. The van der Waals surface area contributed by atoms with Crippen LogP contribution in [0.25, 0.3) is 10.8 Å². The van der Waals surface area contributed by atoms with Crippen molar-refractivity contribution in [3.05, 3.63) is 108 Å². The van der Waals surface area contributed by atoms with E-state index in [1.807, 2.05) is 42.5 Å². The van der Waals surface area contributed by atoms with Gasteiger partial charge in [0, 0.05) is 24.1 Å². The Labute approximate surface area is 205 Å². The van der Waals surface area contributed by atoms with E-state index in [0.717, 1.165) is 24.3 Å². The molecule has 0 spiro atoms. The summed E-state index contributed by atoms with van der Waals surface area (Å²) in [4.78, 5) is 10.8. The summed E-state index contributed by atoms with van der Waals surface area (Å²) in [5.74, 6) is 0.673. The lowest BCUT2D eigenvalue weighted by molar-refractivity contribution is -0.139. The summed E-state index contributed by atoms with van der Waals surface area (Å²) in [6.07, 6.45) is 0.872. The second-order valence-corrected chi connectivity index (χ2v) is 9.02. The normalized spacial score (nSPS) is 17.9. The van der Waals surface area contributed by atoms with Crippen molar-refractivity contribution in [3.63, 3.8) is 0 Å². The number of carboxylic acids is 1. The van der Waals surface area contributed by atoms with Crippen molar-refractivity contribution in [2.24, 2.45) is 0 Å². The molecule has 0 bridgehead atoms. The van der Waals surface area contributed by atoms with Gasteiger partial charge in [-0.3, -0.25) is 0 Å². The molecule has 0 saturated carbocycles. The predicted octanol–water partition coefficient (Wildman–Crippen LogP) is 5.94. The minimum Gasteiger partial charge on any atom is -0.489 e. The Balaban J connectivity index is 1.32. The van der Waals surface area contributed by atoms with Gasteiger partial charge in [0.1, 0.15) is 17.6 Å². The van der Waals surface area contributed by atoms with Crippen LogP contribution >= 0.6 is 0 Å². The van der Waals surface area contributed by atoms with Gasteiger partial charge in [0.25, 0.3) is 0 Å². The fourth-order valence-electron chi connectivity index (χ4n) is 4.92. The monoisotopic (exact) mass is 467 g/mol. The molecule has 0 aliphatic carbocycles. The lowest BCUT2D eigenvalue weighted by atomic mass is 9.84. The summed E-state index contributed by atoms with van der Waals surface area (Å²) in [6, 6.07) is 31.0. The Hall–Kier alpha value is -3.83. The number of fused-ring (bicyclic) bond motifs is 2. The first-order valence-electron chi connectivity index (χ1n) is 12.0. The molecule has 4 aromatic carbocycles. The SMILES string of the molecule is C[C@@H](NCC1CC(c2ccc(OCC(=O)O)cc2)c2ccccc2O1)c1cccc2ccccc12. The number of aliphatic carboxylic acids is 1. The van der Waals surface area contributed by atoms with E-state index in [4.69, 9.17) is 14.6 Å². The summed E-state index contributed by atoms with van der Waals surface area (Å²) in [7, 11) is 0. The molecule has 1 aliphatic heterocycles. The Morgan fingerprint density at radius 1 is 1.00 bits per heavy atom. The maximum absolute atomic E-state index is 10.8. The Morgan fingerprint density at radius 2 is 1.74 bits per heavy atom. The van der Waals surface area contributed by atoms with Crippen molar-refractivity contribution < 1.29 is 19.4 Å². The van der Waals surface area contributed by atoms with E-state index < -0.39 is 5.97 Å². The van der Waals surface area contributed by atoms with Gasteiger partial charge in [-0.1, -0.05) is 72.8 Å². The smallest absolute Gasteiger partial charge is 0.341 e. The highest BCUT2D eigenvalue weighted by Gasteiger charge is 2.29. The number of hydrogen-bond donors (Lipinski definition) is 2. The molecule has 0 aromatic heterocycles. The van der Waals surface area contributed by atoms with Crippen molar-refractivity contribution in [3.8, 4) is 11.5 Å². The van der Waals surface area contributed by atoms with Crippen LogP contribution < -0.4 is 14.8 Å². The first kappa shape index (κ1) is 22.9. The molecule has 35 heavy (non-hydrogen) atoms. The first-order chi connectivity index (χ1) is 17.1. The number of ether oxygens (including phenoxy) is 2. The van der Waals surface area contributed by atoms with E-state index in [9.17, 15) is 4.79 Å². The molecule has 3 atom stereocenters. The Morgan fingerprint density at radius 3 is 2.57 bits per heavy atom. The van der Waals surface area contributed by atoms with E-state index >= 15 is 0 Å². The molecule has 5 rings (SSSR count). The van der Waals surface area contributed by atoms with Crippen LogP contribution in [0.15, 0.2) is 91.0 Å². The van der Waals surface area contributed by atoms with Crippen LogP contribution in [0.5, 0.6) is 11.5 Å².